The van der Waals surface area contributed by atoms with Crippen LogP contribution in [-0.4, -0.2) is 21.7 Å². The molecular weight excluding hydrogens is 300 g/mol. The Hall–Kier alpha value is -2.72. The van der Waals surface area contributed by atoms with Crippen LogP contribution in [0.5, 0.6) is 5.75 Å². The van der Waals surface area contributed by atoms with Crippen molar-refractivity contribution in [2.45, 2.75) is 18.9 Å². The Morgan fingerprint density at radius 3 is 2.71 bits per heavy atom. The van der Waals surface area contributed by atoms with Crippen molar-refractivity contribution in [3.8, 4) is 16.9 Å². The smallest absolute Gasteiger partial charge is 0.149 e. The molecule has 0 saturated carbocycles. The van der Waals surface area contributed by atoms with Crippen molar-refractivity contribution >= 4 is 0 Å². The van der Waals surface area contributed by atoms with Crippen molar-refractivity contribution in [3.63, 3.8) is 0 Å². The SMILES string of the molecule is OCCc1ccc(C2Cc3nccc(-c4cccnc4)c3O2)cc1. The van der Waals surface area contributed by atoms with Crippen LogP contribution < -0.4 is 4.74 Å². The first-order chi connectivity index (χ1) is 11.8. The highest BCUT2D eigenvalue weighted by atomic mass is 16.5. The average molecular weight is 318 g/mol. The summed E-state index contributed by atoms with van der Waals surface area (Å²) < 4.78 is 6.24. The number of aromatic nitrogens is 2. The lowest BCUT2D eigenvalue weighted by atomic mass is 10.0. The van der Waals surface area contributed by atoms with E-state index in [-0.39, 0.29) is 12.7 Å². The first kappa shape index (κ1) is 14.8. The zero-order valence-electron chi connectivity index (χ0n) is 13.2. The molecule has 0 bridgehead atoms. The number of benzene rings is 1. The Balaban J connectivity index is 1.62. The van der Waals surface area contributed by atoms with Crippen LogP contribution in [0.4, 0.5) is 0 Å². The molecule has 3 aromatic rings. The van der Waals surface area contributed by atoms with Crippen molar-refractivity contribution < 1.29 is 9.84 Å². The van der Waals surface area contributed by atoms with Crippen LogP contribution in [0.15, 0.2) is 61.1 Å². The fourth-order valence-electron chi connectivity index (χ4n) is 3.09. The highest BCUT2D eigenvalue weighted by Gasteiger charge is 2.28. The van der Waals surface area contributed by atoms with Gasteiger partial charge in [-0.2, -0.15) is 0 Å². The van der Waals surface area contributed by atoms with Gasteiger partial charge >= 0.3 is 0 Å². The molecule has 24 heavy (non-hydrogen) atoms. The quantitative estimate of drug-likeness (QED) is 0.801. The molecular formula is C20H18N2O2. The maximum absolute atomic E-state index is 9.02. The Morgan fingerprint density at radius 1 is 1.08 bits per heavy atom. The lowest BCUT2D eigenvalue weighted by Gasteiger charge is -2.13. The molecule has 0 fully saturated rings. The van der Waals surface area contributed by atoms with E-state index in [1.807, 2.05) is 42.7 Å². The van der Waals surface area contributed by atoms with Gasteiger partial charge in [0.25, 0.3) is 0 Å². The van der Waals surface area contributed by atoms with Crippen LogP contribution >= 0.6 is 0 Å². The normalized spacial score (nSPS) is 15.8. The monoisotopic (exact) mass is 318 g/mol. The molecule has 1 aliphatic rings. The minimum Gasteiger partial charge on any atom is -0.483 e. The molecule has 4 rings (SSSR count). The van der Waals surface area contributed by atoms with Crippen LogP contribution in [0.25, 0.3) is 11.1 Å². The number of fused-ring (bicyclic) bond motifs is 1. The highest BCUT2D eigenvalue weighted by molar-refractivity contribution is 5.71. The number of hydrogen-bond donors (Lipinski definition) is 1. The maximum atomic E-state index is 9.02. The van der Waals surface area contributed by atoms with E-state index in [1.54, 1.807) is 6.20 Å². The van der Waals surface area contributed by atoms with Gasteiger partial charge in [-0.1, -0.05) is 30.3 Å². The molecule has 1 aromatic carbocycles. The number of pyridine rings is 2. The summed E-state index contributed by atoms with van der Waals surface area (Å²) in [5.41, 5.74) is 5.32. The van der Waals surface area contributed by atoms with Crippen LogP contribution in [0.3, 0.4) is 0 Å². The second-order valence-corrected chi connectivity index (χ2v) is 5.90. The number of hydrogen-bond acceptors (Lipinski definition) is 4. The van der Waals surface area contributed by atoms with Crippen molar-refractivity contribution in [1.82, 2.24) is 9.97 Å². The number of aliphatic hydroxyl groups excluding tert-OH is 1. The lowest BCUT2D eigenvalue weighted by Crippen LogP contribution is -2.03. The lowest BCUT2D eigenvalue weighted by molar-refractivity contribution is 0.239. The zero-order valence-corrected chi connectivity index (χ0v) is 13.2. The summed E-state index contributed by atoms with van der Waals surface area (Å²) in [5, 5.41) is 9.02. The molecule has 3 heterocycles. The van der Waals surface area contributed by atoms with E-state index in [9.17, 15) is 0 Å². The van der Waals surface area contributed by atoms with Crippen molar-refractivity contribution in [2.75, 3.05) is 6.61 Å². The minimum atomic E-state index is -0.0199. The maximum Gasteiger partial charge on any atom is 0.149 e. The van der Waals surface area contributed by atoms with E-state index in [1.165, 1.54) is 0 Å². The van der Waals surface area contributed by atoms with Gasteiger partial charge in [-0.3, -0.25) is 9.97 Å². The van der Waals surface area contributed by atoms with E-state index in [4.69, 9.17) is 9.84 Å². The van der Waals surface area contributed by atoms with Crippen molar-refractivity contribution in [2.24, 2.45) is 0 Å². The summed E-state index contributed by atoms with van der Waals surface area (Å²) in [7, 11) is 0. The van der Waals surface area contributed by atoms with Crippen molar-refractivity contribution in [3.05, 3.63) is 77.9 Å². The summed E-state index contributed by atoms with van der Waals surface area (Å²) >= 11 is 0. The summed E-state index contributed by atoms with van der Waals surface area (Å²) in [6.45, 7) is 0.170. The Morgan fingerprint density at radius 2 is 1.96 bits per heavy atom. The van der Waals surface area contributed by atoms with E-state index in [0.29, 0.717) is 6.42 Å². The van der Waals surface area contributed by atoms with Gasteiger partial charge in [-0.15, -0.1) is 0 Å². The molecule has 1 aliphatic heterocycles. The van der Waals surface area contributed by atoms with Gasteiger partial charge in [-0.25, -0.2) is 0 Å². The molecule has 2 aromatic heterocycles. The topological polar surface area (TPSA) is 55.2 Å². The molecule has 0 amide bonds. The van der Waals surface area contributed by atoms with Crippen molar-refractivity contribution in [1.29, 1.82) is 0 Å². The average Bonchev–Trinajstić information content (AvgIpc) is 3.07. The number of ether oxygens (including phenoxy) is 1. The fraction of sp³-hybridized carbons (Fsp3) is 0.200. The highest BCUT2D eigenvalue weighted by Crippen LogP contribution is 2.41. The van der Waals surface area contributed by atoms with Gasteiger partial charge in [0.15, 0.2) is 0 Å². The second-order valence-electron chi connectivity index (χ2n) is 5.90. The Kier molecular flexibility index (Phi) is 3.97. The van der Waals surface area contributed by atoms with Crippen LogP contribution in [-0.2, 0) is 12.8 Å². The summed E-state index contributed by atoms with van der Waals surface area (Å²) in [6.07, 6.45) is 6.87. The zero-order chi connectivity index (χ0) is 16.4. The Labute approximate surface area is 140 Å². The molecule has 0 spiro atoms. The third-order valence-electron chi connectivity index (χ3n) is 4.34. The summed E-state index contributed by atoms with van der Waals surface area (Å²) in [5.74, 6) is 0.856. The third kappa shape index (κ3) is 2.76. The fourth-order valence-corrected chi connectivity index (χ4v) is 3.09. The van der Waals surface area contributed by atoms with Crippen LogP contribution in [0.2, 0.25) is 0 Å². The number of aliphatic hydroxyl groups is 1. The molecule has 4 nitrogen and oxygen atoms in total. The molecule has 1 N–H and O–H groups in total. The summed E-state index contributed by atoms with van der Waals surface area (Å²) in [4.78, 5) is 8.68. The van der Waals surface area contributed by atoms with Crippen LogP contribution in [0, 0.1) is 0 Å². The van der Waals surface area contributed by atoms with E-state index < -0.39 is 0 Å². The standard InChI is InChI=1S/C20H18N2O2/c23-11-8-14-3-5-15(6-4-14)19-12-18-20(24-19)17(7-10-22-18)16-2-1-9-21-13-16/h1-7,9-10,13,19,23H,8,11-12H2. The predicted molar refractivity (Wildman–Crippen MR) is 91.8 cm³/mol. The molecule has 120 valence electrons. The summed E-state index contributed by atoms with van der Waals surface area (Å²) in [6, 6.07) is 14.2. The van der Waals surface area contributed by atoms with Gasteiger partial charge in [0.05, 0.1) is 5.69 Å². The minimum absolute atomic E-state index is 0.0199. The first-order valence-electron chi connectivity index (χ1n) is 8.10. The number of nitrogens with zero attached hydrogens (tertiary/aromatic N) is 2. The third-order valence-corrected chi connectivity index (χ3v) is 4.34. The molecule has 0 aliphatic carbocycles. The van der Waals surface area contributed by atoms with Crippen LogP contribution in [0.1, 0.15) is 22.9 Å². The Bertz CT molecular complexity index is 832. The molecule has 1 atom stereocenters. The van der Waals surface area contributed by atoms with Gasteiger partial charge in [0.1, 0.15) is 11.9 Å². The molecule has 4 heteroatoms. The molecule has 1 unspecified atom stereocenters. The second kappa shape index (κ2) is 6.42. The van der Waals surface area contributed by atoms with Gasteiger partial charge in [0, 0.05) is 42.7 Å². The van der Waals surface area contributed by atoms with Gasteiger partial charge in [0.2, 0.25) is 0 Å². The van der Waals surface area contributed by atoms with Gasteiger partial charge in [-0.05, 0) is 29.7 Å². The predicted octanol–water partition coefficient (Wildman–Crippen LogP) is 3.35. The number of rotatable bonds is 4. The van der Waals surface area contributed by atoms with Gasteiger partial charge < -0.3 is 9.84 Å². The van der Waals surface area contributed by atoms with E-state index in [0.717, 1.165) is 40.1 Å². The molecule has 0 radical (unpaired) electrons. The molecule has 0 saturated heterocycles. The first-order valence-corrected chi connectivity index (χ1v) is 8.10. The largest absolute Gasteiger partial charge is 0.483 e. The van der Waals surface area contributed by atoms with E-state index >= 15 is 0 Å². The van der Waals surface area contributed by atoms with E-state index in [2.05, 4.69) is 22.1 Å².